The van der Waals surface area contributed by atoms with Gasteiger partial charge in [0.25, 0.3) is 11.8 Å². The number of hydrogen-bond donors (Lipinski definition) is 2. The van der Waals surface area contributed by atoms with Crippen LogP contribution in [0.15, 0.2) is 77.0 Å². The minimum absolute atomic E-state index is 0.101. The van der Waals surface area contributed by atoms with Crippen molar-refractivity contribution in [3.63, 3.8) is 0 Å². The topological polar surface area (TPSA) is 89.8 Å². The molecule has 2 N–H and O–H groups in total. The largest absolute Gasteiger partial charge is 0.467 e. The SMILES string of the molecule is O=C(NCc1ccco1)/C(=C\c1ccc2c(c1)OCO2)NC(=O)c1ccccc1. The second kappa shape index (κ2) is 8.35. The van der Waals surface area contributed by atoms with Gasteiger partial charge >= 0.3 is 0 Å². The molecule has 0 atom stereocenters. The zero-order valence-electron chi connectivity index (χ0n) is 15.4. The van der Waals surface area contributed by atoms with Gasteiger partial charge in [0.15, 0.2) is 11.5 Å². The van der Waals surface area contributed by atoms with Crippen molar-refractivity contribution in [3.8, 4) is 11.5 Å². The molecule has 1 aliphatic heterocycles. The van der Waals surface area contributed by atoms with Gasteiger partial charge in [-0.1, -0.05) is 24.3 Å². The first-order valence-corrected chi connectivity index (χ1v) is 8.97. The van der Waals surface area contributed by atoms with Crippen molar-refractivity contribution >= 4 is 17.9 Å². The summed E-state index contributed by atoms with van der Waals surface area (Å²) in [6.07, 6.45) is 3.11. The number of carbonyl (C=O) groups is 2. The number of furan rings is 1. The molecule has 0 aliphatic carbocycles. The summed E-state index contributed by atoms with van der Waals surface area (Å²) in [5.74, 6) is 1.01. The number of amides is 2. The lowest BCUT2D eigenvalue weighted by atomic mass is 10.1. The average molecular weight is 390 g/mol. The molecule has 7 nitrogen and oxygen atoms in total. The Balaban J connectivity index is 1.57. The van der Waals surface area contributed by atoms with Gasteiger partial charge < -0.3 is 24.5 Å². The highest BCUT2D eigenvalue weighted by molar-refractivity contribution is 6.05. The molecule has 2 heterocycles. The van der Waals surface area contributed by atoms with Crippen LogP contribution in [-0.2, 0) is 11.3 Å². The van der Waals surface area contributed by atoms with E-state index in [9.17, 15) is 9.59 Å². The molecule has 0 spiro atoms. The molecule has 1 aromatic heterocycles. The Kier molecular flexibility index (Phi) is 5.29. The van der Waals surface area contributed by atoms with Crippen molar-refractivity contribution in [1.29, 1.82) is 0 Å². The van der Waals surface area contributed by atoms with Crippen LogP contribution in [0.5, 0.6) is 11.5 Å². The standard InChI is InChI=1S/C22H18N2O5/c25-21(16-5-2-1-3-6-16)24-18(22(26)23-13-17-7-4-10-27-17)11-15-8-9-19-20(12-15)29-14-28-19/h1-12H,13-14H2,(H,23,26)(H,24,25)/b18-11+. The fraction of sp³-hybridized carbons (Fsp3) is 0.0909. The van der Waals surface area contributed by atoms with Gasteiger partial charge in [0, 0.05) is 5.56 Å². The Labute approximate surface area is 166 Å². The third kappa shape index (κ3) is 4.47. The molecule has 2 aromatic carbocycles. The highest BCUT2D eigenvalue weighted by Crippen LogP contribution is 2.33. The minimum Gasteiger partial charge on any atom is -0.467 e. The van der Waals surface area contributed by atoms with Gasteiger partial charge in [-0.3, -0.25) is 9.59 Å². The van der Waals surface area contributed by atoms with E-state index in [1.165, 1.54) is 6.26 Å². The highest BCUT2D eigenvalue weighted by Gasteiger charge is 2.17. The maximum absolute atomic E-state index is 12.8. The summed E-state index contributed by atoms with van der Waals surface area (Å²) in [7, 11) is 0. The second-order valence-electron chi connectivity index (χ2n) is 6.25. The van der Waals surface area contributed by atoms with E-state index in [4.69, 9.17) is 13.9 Å². The molecule has 0 bridgehead atoms. The first kappa shape index (κ1) is 18.4. The average Bonchev–Trinajstić information content (AvgIpc) is 3.43. The fourth-order valence-corrected chi connectivity index (χ4v) is 2.79. The van der Waals surface area contributed by atoms with Crippen molar-refractivity contribution < 1.29 is 23.5 Å². The fourth-order valence-electron chi connectivity index (χ4n) is 2.79. The molecule has 29 heavy (non-hydrogen) atoms. The summed E-state index contributed by atoms with van der Waals surface area (Å²) in [4.78, 5) is 25.3. The Morgan fingerprint density at radius 1 is 0.966 bits per heavy atom. The van der Waals surface area contributed by atoms with Gasteiger partial charge in [-0.25, -0.2) is 0 Å². The molecule has 7 heteroatoms. The zero-order chi connectivity index (χ0) is 20.1. The maximum Gasteiger partial charge on any atom is 0.268 e. The van der Waals surface area contributed by atoms with Crippen molar-refractivity contribution in [2.45, 2.75) is 6.54 Å². The lowest BCUT2D eigenvalue weighted by Gasteiger charge is -2.11. The molecule has 0 saturated heterocycles. The Bertz CT molecular complexity index is 1040. The maximum atomic E-state index is 12.8. The van der Waals surface area contributed by atoms with Crippen LogP contribution in [0.2, 0.25) is 0 Å². The van der Waals surface area contributed by atoms with Crippen LogP contribution >= 0.6 is 0 Å². The first-order chi connectivity index (χ1) is 14.2. The normalized spacial score (nSPS) is 12.5. The van der Waals surface area contributed by atoms with Crippen LogP contribution < -0.4 is 20.1 Å². The van der Waals surface area contributed by atoms with Crippen molar-refractivity contribution in [1.82, 2.24) is 10.6 Å². The van der Waals surface area contributed by atoms with Gasteiger partial charge in [-0.15, -0.1) is 0 Å². The van der Waals surface area contributed by atoms with Crippen LogP contribution in [0.25, 0.3) is 6.08 Å². The smallest absolute Gasteiger partial charge is 0.268 e. The van der Waals surface area contributed by atoms with E-state index in [-0.39, 0.29) is 24.9 Å². The molecule has 0 radical (unpaired) electrons. The van der Waals surface area contributed by atoms with Crippen molar-refractivity contribution in [2.24, 2.45) is 0 Å². The summed E-state index contributed by atoms with van der Waals surface area (Å²) in [5, 5.41) is 5.43. The van der Waals surface area contributed by atoms with E-state index >= 15 is 0 Å². The number of fused-ring (bicyclic) bond motifs is 1. The number of nitrogens with one attached hydrogen (secondary N) is 2. The molecule has 0 saturated carbocycles. The third-order valence-electron chi connectivity index (χ3n) is 4.24. The molecule has 0 unspecified atom stereocenters. The Hall–Kier alpha value is -4.00. The van der Waals surface area contributed by atoms with E-state index in [0.29, 0.717) is 28.4 Å². The van der Waals surface area contributed by atoms with E-state index < -0.39 is 5.91 Å². The lowest BCUT2D eigenvalue weighted by Crippen LogP contribution is -2.34. The lowest BCUT2D eigenvalue weighted by molar-refractivity contribution is -0.118. The molecule has 3 aromatic rings. The number of rotatable bonds is 6. The van der Waals surface area contributed by atoms with Crippen LogP contribution in [0.3, 0.4) is 0 Å². The van der Waals surface area contributed by atoms with E-state index in [2.05, 4.69) is 10.6 Å². The monoisotopic (exact) mass is 390 g/mol. The molecule has 1 aliphatic rings. The third-order valence-corrected chi connectivity index (χ3v) is 4.24. The van der Waals surface area contributed by atoms with Gasteiger partial charge in [-0.05, 0) is 48.0 Å². The van der Waals surface area contributed by atoms with Crippen molar-refractivity contribution in [3.05, 3.63) is 89.5 Å². The summed E-state index contributed by atoms with van der Waals surface area (Å²) in [6, 6.07) is 17.5. The highest BCUT2D eigenvalue weighted by atomic mass is 16.7. The minimum atomic E-state index is -0.441. The zero-order valence-corrected chi connectivity index (χ0v) is 15.4. The molecular formula is C22H18N2O5. The summed E-state index contributed by atoms with van der Waals surface area (Å²) in [6.45, 7) is 0.356. The van der Waals surface area contributed by atoms with Gasteiger partial charge in [0.2, 0.25) is 6.79 Å². The Morgan fingerprint density at radius 3 is 2.59 bits per heavy atom. The van der Waals surface area contributed by atoms with Gasteiger partial charge in [-0.2, -0.15) is 0 Å². The van der Waals surface area contributed by atoms with Crippen LogP contribution in [0, 0.1) is 0 Å². The Morgan fingerprint density at radius 2 is 1.79 bits per heavy atom. The number of benzene rings is 2. The number of carbonyl (C=O) groups excluding carboxylic acids is 2. The summed E-state index contributed by atoms with van der Waals surface area (Å²) < 4.78 is 15.9. The van der Waals surface area contributed by atoms with E-state index in [1.807, 2.05) is 6.07 Å². The summed E-state index contributed by atoms with van der Waals surface area (Å²) in [5.41, 5.74) is 1.23. The van der Waals surface area contributed by atoms with Crippen LogP contribution in [0.4, 0.5) is 0 Å². The number of hydrogen-bond acceptors (Lipinski definition) is 5. The number of ether oxygens (including phenoxy) is 2. The molecule has 2 amide bonds. The predicted octanol–water partition coefficient (Wildman–Crippen LogP) is 3.10. The van der Waals surface area contributed by atoms with Gasteiger partial charge in [0.1, 0.15) is 11.5 Å². The molecular weight excluding hydrogens is 372 g/mol. The molecule has 146 valence electrons. The second-order valence-corrected chi connectivity index (χ2v) is 6.25. The van der Waals surface area contributed by atoms with E-state index in [1.54, 1.807) is 60.7 Å². The van der Waals surface area contributed by atoms with Crippen LogP contribution in [0.1, 0.15) is 21.7 Å². The first-order valence-electron chi connectivity index (χ1n) is 8.97. The van der Waals surface area contributed by atoms with Crippen LogP contribution in [-0.4, -0.2) is 18.6 Å². The molecule has 4 rings (SSSR count). The predicted molar refractivity (Wildman–Crippen MR) is 105 cm³/mol. The molecule has 0 fully saturated rings. The summed E-state index contributed by atoms with van der Waals surface area (Å²) >= 11 is 0. The quantitative estimate of drug-likeness (QED) is 0.632. The van der Waals surface area contributed by atoms with Crippen molar-refractivity contribution in [2.75, 3.05) is 6.79 Å². The van der Waals surface area contributed by atoms with Gasteiger partial charge in [0.05, 0.1) is 12.8 Å². The van der Waals surface area contributed by atoms with E-state index in [0.717, 1.165) is 0 Å².